The molecule has 0 fully saturated rings. The molecule has 118 valence electrons. The smallest absolute Gasteiger partial charge is 0.259 e. The number of benzene rings is 2. The van der Waals surface area contributed by atoms with Crippen LogP contribution in [0.25, 0.3) is 28.2 Å². The highest BCUT2D eigenvalue weighted by atomic mass is 16.5. The lowest BCUT2D eigenvalue weighted by Gasteiger charge is -2.01. The molecule has 0 radical (unpaired) electrons. The van der Waals surface area contributed by atoms with Crippen molar-refractivity contribution in [1.82, 2.24) is 4.98 Å². The van der Waals surface area contributed by atoms with Gasteiger partial charge in [-0.1, -0.05) is 42.5 Å². The Hall–Kier alpha value is -3.52. The highest BCUT2D eigenvalue weighted by Crippen LogP contribution is 2.36. The standard InChI is InChI=1S/C19H15N3O2/c1-24-16-9-5-8-14-15(10-13(11-20)19(21)23)17(22-18(14)16)12-6-3-2-4-7-12/h2-10,22H,1H3,(H2,21,23)/b13-10+. The minimum Gasteiger partial charge on any atom is -0.495 e. The van der Waals surface area contributed by atoms with E-state index >= 15 is 0 Å². The minimum absolute atomic E-state index is 0.101. The van der Waals surface area contributed by atoms with Crippen LogP contribution in [0, 0.1) is 11.3 Å². The van der Waals surface area contributed by atoms with Gasteiger partial charge in [-0.3, -0.25) is 4.79 Å². The first kappa shape index (κ1) is 15.4. The predicted molar refractivity (Wildman–Crippen MR) is 93.1 cm³/mol. The molecule has 0 aliphatic rings. The molecule has 5 heteroatoms. The Labute approximate surface area is 139 Å². The van der Waals surface area contributed by atoms with Crippen molar-refractivity contribution in [2.45, 2.75) is 0 Å². The molecule has 0 saturated heterocycles. The van der Waals surface area contributed by atoms with Crippen molar-refractivity contribution >= 4 is 22.9 Å². The molecule has 0 saturated carbocycles. The quantitative estimate of drug-likeness (QED) is 0.571. The number of carbonyl (C=O) groups is 1. The third kappa shape index (κ3) is 2.61. The monoisotopic (exact) mass is 317 g/mol. The first-order valence-electron chi connectivity index (χ1n) is 7.31. The number of aromatic amines is 1. The van der Waals surface area contributed by atoms with E-state index in [0.717, 1.165) is 27.7 Å². The number of ether oxygens (including phenoxy) is 1. The van der Waals surface area contributed by atoms with Crippen molar-refractivity contribution in [3.63, 3.8) is 0 Å². The fraction of sp³-hybridized carbons (Fsp3) is 0.0526. The van der Waals surface area contributed by atoms with E-state index in [0.29, 0.717) is 5.75 Å². The SMILES string of the molecule is COc1cccc2c(/C=C(\C#N)C(N)=O)c(-c3ccccc3)[nH]c12. The van der Waals surface area contributed by atoms with Crippen LogP contribution in [0.4, 0.5) is 0 Å². The predicted octanol–water partition coefficient (Wildman–Crippen LogP) is 3.24. The van der Waals surface area contributed by atoms with Crippen LogP contribution in [-0.4, -0.2) is 18.0 Å². The third-order valence-corrected chi connectivity index (χ3v) is 3.79. The van der Waals surface area contributed by atoms with Crippen molar-refractivity contribution < 1.29 is 9.53 Å². The molecule has 2 aromatic carbocycles. The summed E-state index contributed by atoms with van der Waals surface area (Å²) < 4.78 is 5.40. The summed E-state index contributed by atoms with van der Waals surface area (Å²) in [5, 5.41) is 10.0. The Balaban J connectivity index is 2.37. The Morgan fingerprint density at radius 1 is 1.21 bits per heavy atom. The summed E-state index contributed by atoms with van der Waals surface area (Å²) in [6.07, 6.45) is 1.52. The fourth-order valence-electron chi connectivity index (χ4n) is 2.67. The maximum atomic E-state index is 11.5. The summed E-state index contributed by atoms with van der Waals surface area (Å²) in [7, 11) is 1.59. The highest BCUT2D eigenvalue weighted by molar-refractivity contribution is 6.06. The number of rotatable bonds is 4. The second kappa shape index (κ2) is 6.31. The normalized spacial score (nSPS) is 11.2. The lowest BCUT2D eigenvalue weighted by molar-refractivity contribution is -0.114. The van der Waals surface area contributed by atoms with Crippen LogP contribution in [0.2, 0.25) is 0 Å². The van der Waals surface area contributed by atoms with Crippen molar-refractivity contribution in [2.75, 3.05) is 7.11 Å². The van der Waals surface area contributed by atoms with Gasteiger partial charge in [-0.05, 0) is 17.7 Å². The van der Waals surface area contributed by atoms with Gasteiger partial charge in [0.25, 0.3) is 5.91 Å². The van der Waals surface area contributed by atoms with Crippen molar-refractivity contribution in [3.05, 3.63) is 59.7 Å². The van der Waals surface area contributed by atoms with Gasteiger partial charge in [0.05, 0.1) is 18.3 Å². The first-order chi connectivity index (χ1) is 11.7. The van der Waals surface area contributed by atoms with Gasteiger partial charge >= 0.3 is 0 Å². The van der Waals surface area contributed by atoms with E-state index in [1.165, 1.54) is 6.08 Å². The number of amides is 1. The summed E-state index contributed by atoms with van der Waals surface area (Å²) in [5.74, 6) is -0.0735. The van der Waals surface area contributed by atoms with Gasteiger partial charge in [0.15, 0.2) is 0 Å². The summed E-state index contributed by atoms with van der Waals surface area (Å²) in [4.78, 5) is 14.8. The van der Waals surface area contributed by atoms with Crippen LogP contribution < -0.4 is 10.5 Å². The molecule has 1 amide bonds. The lowest BCUT2D eigenvalue weighted by Crippen LogP contribution is -2.12. The number of para-hydroxylation sites is 1. The minimum atomic E-state index is -0.756. The second-order valence-corrected chi connectivity index (χ2v) is 5.20. The first-order valence-corrected chi connectivity index (χ1v) is 7.31. The molecule has 5 nitrogen and oxygen atoms in total. The van der Waals surface area contributed by atoms with Gasteiger partial charge in [0.2, 0.25) is 0 Å². The fourth-order valence-corrected chi connectivity index (χ4v) is 2.67. The number of fused-ring (bicyclic) bond motifs is 1. The molecule has 1 heterocycles. The topological polar surface area (TPSA) is 91.9 Å². The molecule has 0 aliphatic heterocycles. The van der Waals surface area contributed by atoms with E-state index in [4.69, 9.17) is 10.5 Å². The van der Waals surface area contributed by atoms with E-state index in [1.807, 2.05) is 54.6 Å². The summed E-state index contributed by atoms with van der Waals surface area (Å²) >= 11 is 0. The zero-order chi connectivity index (χ0) is 17.1. The Kier molecular flexibility index (Phi) is 4.04. The van der Waals surface area contributed by atoms with Crippen molar-refractivity contribution in [3.8, 4) is 23.1 Å². The van der Waals surface area contributed by atoms with Crippen LogP contribution in [0.1, 0.15) is 5.56 Å². The zero-order valence-electron chi connectivity index (χ0n) is 13.0. The van der Waals surface area contributed by atoms with Crippen LogP contribution >= 0.6 is 0 Å². The van der Waals surface area contributed by atoms with Gasteiger partial charge in [-0.25, -0.2) is 0 Å². The maximum absolute atomic E-state index is 11.5. The van der Waals surface area contributed by atoms with E-state index in [2.05, 4.69) is 4.98 Å². The number of nitrogens with one attached hydrogen (secondary N) is 1. The molecule has 0 bridgehead atoms. The molecule has 0 spiro atoms. The number of nitrogens with two attached hydrogens (primary N) is 1. The van der Waals surface area contributed by atoms with Crippen LogP contribution in [0.3, 0.4) is 0 Å². The summed E-state index contributed by atoms with van der Waals surface area (Å²) in [5.41, 5.74) is 8.44. The molecule has 0 atom stereocenters. The average molecular weight is 317 g/mol. The average Bonchev–Trinajstić information content (AvgIpc) is 2.98. The van der Waals surface area contributed by atoms with Gasteiger partial charge in [0, 0.05) is 10.9 Å². The number of carbonyl (C=O) groups excluding carboxylic acids is 1. The summed E-state index contributed by atoms with van der Waals surface area (Å²) in [6, 6.07) is 17.1. The van der Waals surface area contributed by atoms with Crippen LogP contribution in [-0.2, 0) is 4.79 Å². The van der Waals surface area contributed by atoms with E-state index < -0.39 is 5.91 Å². The maximum Gasteiger partial charge on any atom is 0.259 e. The van der Waals surface area contributed by atoms with Gasteiger partial charge in [0.1, 0.15) is 17.4 Å². The number of hydrogen-bond acceptors (Lipinski definition) is 3. The second-order valence-electron chi connectivity index (χ2n) is 5.20. The Morgan fingerprint density at radius 2 is 1.96 bits per heavy atom. The van der Waals surface area contributed by atoms with Gasteiger partial charge < -0.3 is 15.5 Å². The summed E-state index contributed by atoms with van der Waals surface area (Å²) in [6.45, 7) is 0. The molecular formula is C19H15N3O2. The van der Waals surface area contributed by atoms with Crippen LogP contribution in [0.15, 0.2) is 54.1 Å². The van der Waals surface area contributed by atoms with Crippen LogP contribution in [0.5, 0.6) is 5.75 Å². The largest absolute Gasteiger partial charge is 0.495 e. The van der Waals surface area contributed by atoms with E-state index in [1.54, 1.807) is 7.11 Å². The van der Waals surface area contributed by atoms with Gasteiger partial charge in [-0.2, -0.15) is 5.26 Å². The molecule has 3 N–H and O–H groups in total. The lowest BCUT2D eigenvalue weighted by atomic mass is 10.0. The molecule has 1 aromatic heterocycles. The van der Waals surface area contributed by atoms with Crippen molar-refractivity contribution in [1.29, 1.82) is 5.26 Å². The molecule has 0 aliphatic carbocycles. The molecular weight excluding hydrogens is 302 g/mol. The highest BCUT2D eigenvalue weighted by Gasteiger charge is 2.16. The zero-order valence-corrected chi connectivity index (χ0v) is 13.0. The Bertz CT molecular complexity index is 979. The van der Waals surface area contributed by atoms with E-state index in [-0.39, 0.29) is 5.57 Å². The van der Waals surface area contributed by atoms with Crippen molar-refractivity contribution in [2.24, 2.45) is 5.73 Å². The molecule has 3 aromatic rings. The van der Waals surface area contributed by atoms with E-state index in [9.17, 15) is 10.1 Å². The number of primary amides is 1. The van der Waals surface area contributed by atoms with Gasteiger partial charge in [-0.15, -0.1) is 0 Å². The number of methoxy groups -OCH3 is 1. The molecule has 24 heavy (non-hydrogen) atoms. The third-order valence-electron chi connectivity index (χ3n) is 3.79. The molecule has 3 rings (SSSR count). The number of nitriles is 1. The Morgan fingerprint density at radius 3 is 2.58 bits per heavy atom. The molecule has 0 unspecified atom stereocenters. The number of nitrogens with zero attached hydrogens (tertiary/aromatic N) is 1. The number of H-pyrrole nitrogens is 1. The number of hydrogen-bond donors (Lipinski definition) is 2. The number of aromatic nitrogens is 1.